The van der Waals surface area contributed by atoms with Crippen molar-refractivity contribution in [3.8, 4) is 5.75 Å². The van der Waals surface area contributed by atoms with Gasteiger partial charge in [0.1, 0.15) is 5.75 Å². The van der Waals surface area contributed by atoms with Crippen molar-refractivity contribution in [3.63, 3.8) is 0 Å². The van der Waals surface area contributed by atoms with Crippen LogP contribution >= 0.6 is 0 Å². The Morgan fingerprint density at radius 2 is 2.33 bits per heavy atom. The molecule has 100 valence electrons. The highest BCUT2D eigenvalue weighted by Crippen LogP contribution is 2.17. The molecular weight excluding hydrogens is 254 g/mol. The van der Waals surface area contributed by atoms with Crippen LogP contribution in [0.25, 0.3) is 0 Å². The van der Waals surface area contributed by atoms with Crippen molar-refractivity contribution in [3.05, 3.63) is 24.3 Å². The number of rotatable bonds is 5. The summed E-state index contributed by atoms with van der Waals surface area (Å²) in [6, 6.07) is 6.40. The van der Waals surface area contributed by atoms with Crippen LogP contribution in [0.1, 0.15) is 12.8 Å². The lowest BCUT2D eigenvalue weighted by Gasteiger charge is -2.11. The van der Waals surface area contributed by atoms with Crippen molar-refractivity contribution < 1.29 is 17.9 Å². The zero-order valence-corrected chi connectivity index (χ0v) is 11.1. The highest BCUT2D eigenvalue weighted by molar-refractivity contribution is 7.89. The molecule has 2 rings (SSSR count). The summed E-state index contributed by atoms with van der Waals surface area (Å²) >= 11 is 0. The minimum Gasteiger partial charge on any atom is -0.497 e. The molecule has 1 saturated heterocycles. The maximum absolute atomic E-state index is 12.0. The molecule has 1 aliphatic rings. The lowest BCUT2D eigenvalue weighted by Crippen LogP contribution is -2.31. The molecule has 0 radical (unpaired) electrons. The fourth-order valence-electron chi connectivity index (χ4n) is 1.86. The predicted octanol–water partition coefficient (Wildman–Crippen LogP) is 1.15. The number of hydrogen-bond donors (Lipinski definition) is 1. The van der Waals surface area contributed by atoms with Crippen LogP contribution in [-0.4, -0.2) is 34.8 Å². The summed E-state index contributed by atoms with van der Waals surface area (Å²) in [5.41, 5.74) is 0. The molecule has 1 aromatic rings. The van der Waals surface area contributed by atoms with E-state index in [1.54, 1.807) is 18.2 Å². The molecule has 1 fully saturated rings. The van der Waals surface area contributed by atoms with E-state index in [0.717, 1.165) is 12.8 Å². The van der Waals surface area contributed by atoms with Gasteiger partial charge in [-0.25, -0.2) is 13.1 Å². The van der Waals surface area contributed by atoms with E-state index in [1.807, 2.05) is 0 Å². The average molecular weight is 271 g/mol. The standard InChI is InChI=1S/C12H17NO4S/c1-16-10-4-2-6-12(8-10)18(14,15)13-9-11-5-3-7-17-11/h2,4,6,8,11,13H,3,5,7,9H2,1H3. The summed E-state index contributed by atoms with van der Waals surface area (Å²) in [5.74, 6) is 0.523. The number of ether oxygens (including phenoxy) is 2. The summed E-state index contributed by atoms with van der Waals surface area (Å²) < 4.78 is 37.0. The molecule has 1 aliphatic heterocycles. The Labute approximate surface area is 107 Å². The van der Waals surface area contributed by atoms with Crippen molar-refractivity contribution in [1.29, 1.82) is 0 Å². The number of nitrogens with one attached hydrogen (secondary N) is 1. The fraction of sp³-hybridized carbons (Fsp3) is 0.500. The first-order valence-corrected chi connectivity index (χ1v) is 7.35. The van der Waals surface area contributed by atoms with Crippen molar-refractivity contribution in [1.82, 2.24) is 4.72 Å². The molecular formula is C12H17NO4S. The highest BCUT2D eigenvalue weighted by atomic mass is 32.2. The van der Waals surface area contributed by atoms with Crippen LogP contribution in [0.2, 0.25) is 0 Å². The van der Waals surface area contributed by atoms with E-state index >= 15 is 0 Å². The van der Waals surface area contributed by atoms with Crippen LogP contribution < -0.4 is 9.46 Å². The highest BCUT2D eigenvalue weighted by Gasteiger charge is 2.20. The van der Waals surface area contributed by atoms with Crippen molar-refractivity contribution in [2.75, 3.05) is 20.3 Å². The molecule has 0 aromatic heterocycles. The van der Waals surface area contributed by atoms with Crippen LogP contribution in [0, 0.1) is 0 Å². The van der Waals surface area contributed by atoms with E-state index < -0.39 is 10.0 Å². The van der Waals surface area contributed by atoms with Gasteiger partial charge in [0, 0.05) is 19.2 Å². The fourth-order valence-corrected chi connectivity index (χ4v) is 2.96. The van der Waals surface area contributed by atoms with Crippen LogP contribution in [0.4, 0.5) is 0 Å². The lowest BCUT2D eigenvalue weighted by atomic mass is 10.2. The zero-order valence-electron chi connectivity index (χ0n) is 10.3. The minimum absolute atomic E-state index is 0.00890. The molecule has 0 aliphatic carbocycles. The van der Waals surface area contributed by atoms with E-state index in [0.29, 0.717) is 18.9 Å². The Bertz CT molecular complexity index is 495. The van der Waals surface area contributed by atoms with Crippen molar-refractivity contribution in [2.24, 2.45) is 0 Å². The molecule has 18 heavy (non-hydrogen) atoms. The monoisotopic (exact) mass is 271 g/mol. The topological polar surface area (TPSA) is 64.6 Å². The Morgan fingerprint density at radius 3 is 3.00 bits per heavy atom. The molecule has 0 saturated carbocycles. The van der Waals surface area contributed by atoms with Gasteiger partial charge in [-0.05, 0) is 25.0 Å². The van der Waals surface area contributed by atoms with Crippen molar-refractivity contribution >= 4 is 10.0 Å². The maximum Gasteiger partial charge on any atom is 0.240 e. The quantitative estimate of drug-likeness (QED) is 0.872. The number of benzene rings is 1. The summed E-state index contributed by atoms with van der Waals surface area (Å²) in [6.45, 7) is 1.03. The third-order valence-electron chi connectivity index (χ3n) is 2.88. The second-order valence-corrected chi connectivity index (χ2v) is 5.93. The molecule has 5 nitrogen and oxygen atoms in total. The minimum atomic E-state index is -3.49. The molecule has 0 bridgehead atoms. The van der Waals surface area contributed by atoms with E-state index in [9.17, 15) is 8.42 Å². The molecule has 6 heteroatoms. The second-order valence-electron chi connectivity index (χ2n) is 4.17. The summed E-state index contributed by atoms with van der Waals surface area (Å²) in [4.78, 5) is 0.208. The van der Waals surface area contributed by atoms with Crippen molar-refractivity contribution in [2.45, 2.75) is 23.8 Å². The number of sulfonamides is 1. The SMILES string of the molecule is COc1cccc(S(=O)(=O)NCC2CCCO2)c1. The maximum atomic E-state index is 12.0. The first-order valence-electron chi connectivity index (χ1n) is 5.87. The largest absolute Gasteiger partial charge is 0.497 e. The van der Waals surface area contributed by atoms with Crippen LogP contribution in [0.3, 0.4) is 0 Å². The van der Waals surface area contributed by atoms with Gasteiger partial charge in [0.15, 0.2) is 0 Å². The van der Waals surface area contributed by atoms with Crippen LogP contribution in [0.15, 0.2) is 29.2 Å². The lowest BCUT2D eigenvalue weighted by molar-refractivity contribution is 0.114. The van der Waals surface area contributed by atoms with Gasteiger partial charge in [-0.1, -0.05) is 6.07 Å². The summed E-state index contributed by atoms with van der Waals surface area (Å²) in [7, 11) is -1.98. The van der Waals surface area contributed by atoms with E-state index in [4.69, 9.17) is 9.47 Å². The van der Waals surface area contributed by atoms with Gasteiger partial charge in [0.05, 0.1) is 18.1 Å². The average Bonchev–Trinajstić information content (AvgIpc) is 2.90. The van der Waals surface area contributed by atoms with Crippen LogP contribution in [-0.2, 0) is 14.8 Å². The third-order valence-corrected chi connectivity index (χ3v) is 4.30. The normalized spacial score (nSPS) is 19.9. The molecule has 1 heterocycles. The van der Waals surface area contributed by atoms with Gasteiger partial charge >= 0.3 is 0 Å². The molecule has 1 unspecified atom stereocenters. The molecule has 1 N–H and O–H groups in total. The zero-order chi connectivity index (χ0) is 13.0. The number of methoxy groups -OCH3 is 1. The molecule has 1 atom stereocenters. The third kappa shape index (κ3) is 3.22. The Morgan fingerprint density at radius 1 is 1.50 bits per heavy atom. The summed E-state index contributed by atoms with van der Waals surface area (Å²) in [6.07, 6.45) is 1.89. The van der Waals surface area contributed by atoms with Gasteiger partial charge in [0.2, 0.25) is 10.0 Å². The van der Waals surface area contributed by atoms with Gasteiger partial charge in [0.25, 0.3) is 0 Å². The predicted molar refractivity (Wildman–Crippen MR) is 67.2 cm³/mol. The van der Waals surface area contributed by atoms with E-state index in [-0.39, 0.29) is 11.0 Å². The van der Waals surface area contributed by atoms with Crippen LogP contribution in [0.5, 0.6) is 5.75 Å². The Kier molecular flexibility index (Phi) is 4.21. The summed E-state index contributed by atoms with van der Waals surface area (Å²) in [5, 5.41) is 0. The molecule has 0 amide bonds. The molecule has 1 aromatic carbocycles. The van der Waals surface area contributed by atoms with Gasteiger partial charge in [-0.3, -0.25) is 0 Å². The van der Waals surface area contributed by atoms with E-state index in [2.05, 4.69) is 4.72 Å². The van der Waals surface area contributed by atoms with Gasteiger partial charge in [-0.2, -0.15) is 0 Å². The first-order chi connectivity index (χ1) is 8.62. The Balaban J connectivity index is 2.04. The second kappa shape index (κ2) is 5.69. The Hall–Kier alpha value is -1.11. The molecule has 0 spiro atoms. The van der Waals surface area contributed by atoms with E-state index in [1.165, 1.54) is 13.2 Å². The number of hydrogen-bond acceptors (Lipinski definition) is 4. The first kappa shape index (κ1) is 13.3. The smallest absolute Gasteiger partial charge is 0.240 e. The van der Waals surface area contributed by atoms with Gasteiger partial charge < -0.3 is 9.47 Å². The van der Waals surface area contributed by atoms with Gasteiger partial charge in [-0.15, -0.1) is 0 Å².